The van der Waals surface area contributed by atoms with Gasteiger partial charge in [0.25, 0.3) is 0 Å². The maximum Gasteiger partial charge on any atom is 0.00426 e. The average molecular weight is 221 g/mol. The highest BCUT2D eigenvalue weighted by molar-refractivity contribution is 5.25. The number of unbranched alkanes of at least 4 members (excludes halogenated alkanes) is 2. The number of rotatable bonds is 10. The molecule has 16 heavy (non-hydrogen) atoms. The fraction of sp³-hybridized carbons (Fsp3) is 0.688. The molecule has 93 valence electrons. The second kappa shape index (κ2) is 11.0. The summed E-state index contributed by atoms with van der Waals surface area (Å²) < 4.78 is 0. The molecule has 0 saturated heterocycles. The lowest BCUT2D eigenvalue weighted by atomic mass is 9.87. The zero-order valence-electron chi connectivity index (χ0n) is 11.5. The molecule has 0 spiro atoms. The van der Waals surface area contributed by atoms with E-state index in [-0.39, 0.29) is 0 Å². The standard InChI is InChI=1S/C16H29/c1-5-9-10-14-16(13-8-4)15(11-6-2)12-7-3/h6,13H,2,5,7-12,14H2,1,3-4H3. The number of hydrogen-bond donors (Lipinski definition) is 0. The van der Waals surface area contributed by atoms with Gasteiger partial charge in [0.05, 0.1) is 0 Å². The van der Waals surface area contributed by atoms with Crippen molar-refractivity contribution in [1.82, 2.24) is 0 Å². The predicted octanol–water partition coefficient (Wildman–Crippen LogP) is 5.85. The molecule has 0 aliphatic heterocycles. The van der Waals surface area contributed by atoms with E-state index in [1.807, 2.05) is 6.08 Å². The predicted molar refractivity (Wildman–Crippen MR) is 75.5 cm³/mol. The topological polar surface area (TPSA) is 0 Å². The van der Waals surface area contributed by atoms with Crippen LogP contribution in [0.2, 0.25) is 0 Å². The fourth-order valence-corrected chi connectivity index (χ4v) is 2.10. The van der Waals surface area contributed by atoms with E-state index in [0.717, 1.165) is 12.8 Å². The molecule has 0 aromatic carbocycles. The van der Waals surface area contributed by atoms with E-state index in [1.54, 1.807) is 11.5 Å². The highest BCUT2D eigenvalue weighted by Gasteiger charge is 2.11. The molecule has 1 radical (unpaired) electrons. The molecule has 0 aliphatic rings. The summed E-state index contributed by atoms with van der Waals surface area (Å²) in [7, 11) is 0. The van der Waals surface area contributed by atoms with Crippen molar-refractivity contribution in [2.45, 2.75) is 72.1 Å². The molecule has 0 nitrogen and oxygen atoms in total. The Labute approximate surface area is 103 Å². The van der Waals surface area contributed by atoms with Crippen molar-refractivity contribution in [1.29, 1.82) is 0 Å². The minimum absolute atomic E-state index is 1.08. The van der Waals surface area contributed by atoms with Gasteiger partial charge >= 0.3 is 0 Å². The Balaban J connectivity index is 4.32. The van der Waals surface area contributed by atoms with Crippen LogP contribution < -0.4 is 0 Å². The van der Waals surface area contributed by atoms with Crippen LogP contribution in [0.3, 0.4) is 0 Å². The van der Waals surface area contributed by atoms with Gasteiger partial charge in [-0.25, -0.2) is 0 Å². The van der Waals surface area contributed by atoms with Crippen molar-refractivity contribution in [3.63, 3.8) is 0 Å². The maximum atomic E-state index is 3.87. The Morgan fingerprint density at radius 1 is 1.00 bits per heavy atom. The van der Waals surface area contributed by atoms with Crippen LogP contribution >= 0.6 is 0 Å². The van der Waals surface area contributed by atoms with Crippen molar-refractivity contribution < 1.29 is 0 Å². The van der Waals surface area contributed by atoms with Crippen molar-refractivity contribution >= 4 is 0 Å². The molecule has 0 unspecified atom stereocenters. The van der Waals surface area contributed by atoms with Gasteiger partial charge in [-0.2, -0.15) is 0 Å². The van der Waals surface area contributed by atoms with Gasteiger partial charge in [0.15, 0.2) is 0 Å². The highest BCUT2D eigenvalue weighted by Crippen LogP contribution is 2.28. The van der Waals surface area contributed by atoms with E-state index in [2.05, 4.69) is 33.4 Å². The first-order valence-corrected chi connectivity index (χ1v) is 6.95. The quantitative estimate of drug-likeness (QED) is 0.320. The van der Waals surface area contributed by atoms with Gasteiger partial charge in [-0.1, -0.05) is 57.8 Å². The van der Waals surface area contributed by atoms with Crippen LogP contribution in [-0.2, 0) is 0 Å². The van der Waals surface area contributed by atoms with Crippen molar-refractivity contribution in [2.24, 2.45) is 0 Å². The molecule has 0 aromatic heterocycles. The second-order valence-electron chi connectivity index (χ2n) is 4.44. The average Bonchev–Trinajstić information content (AvgIpc) is 2.28. The van der Waals surface area contributed by atoms with Crippen molar-refractivity contribution in [3.05, 3.63) is 30.2 Å². The fourth-order valence-electron chi connectivity index (χ4n) is 2.10. The van der Waals surface area contributed by atoms with Crippen LogP contribution in [0.15, 0.2) is 24.3 Å². The zero-order chi connectivity index (χ0) is 12.2. The Morgan fingerprint density at radius 2 is 1.75 bits per heavy atom. The molecule has 0 rings (SSSR count). The molecular weight excluding hydrogens is 192 g/mol. The Morgan fingerprint density at radius 3 is 2.25 bits per heavy atom. The Bertz CT molecular complexity index is 188. The summed E-state index contributed by atoms with van der Waals surface area (Å²) in [4.78, 5) is 0. The van der Waals surface area contributed by atoms with Crippen LogP contribution in [-0.4, -0.2) is 0 Å². The molecule has 0 heteroatoms. The minimum Gasteiger partial charge on any atom is -0.103 e. The van der Waals surface area contributed by atoms with Crippen LogP contribution in [0.25, 0.3) is 0 Å². The molecule has 0 amide bonds. The largest absolute Gasteiger partial charge is 0.103 e. The summed E-state index contributed by atoms with van der Waals surface area (Å²) in [5.41, 5.74) is 1.61. The van der Waals surface area contributed by atoms with Gasteiger partial charge in [0.2, 0.25) is 0 Å². The van der Waals surface area contributed by atoms with E-state index < -0.39 is 0 Å². The Kier molecular flexibility index (Phi) is 10.6. The smallest absolute Gasteiger partial charge is 0.00426 e. The van der Waals surface area contributed by atoms with Gasteiger partial charge < -0.3 is 0 Å². The summed E-state index contributed by atoms with van der Waals surface area (Å²) in [6.07, 6.45) is 14.5. The summed E-state index contributed by atoms with van der Waals surface area (Å²) in [5.74, 6) is 1.62. The minimum atomic E-state index is 1.08. The van der Waals surface area contributed by atoms with Crippen molar-refractivity contribution in [3.8, 4) is 0 Å². The maximum absolute atomic E-state index is 3.87. The summed E-state index contributed by atoms with van der Waals surface area (Å²) >= 11 is 0. The van der Waals surface area contributed by atoms with Crippen LogP contribution in [0.1, 0.15) is 72.1 Å². The lowest BCUT2D eigenvalue weighted by Crippen LogP contribution is -2.01. The highest BCUT2D eigenvalue weighted by atomic mass is 14.2. The van der Waals surface area contributed by atoms with Gasteiger partial charge in [-0.05, 0) is 32.1 Å². The van der Waals surface area contributed by atoms with Crippen molar-refractivity contribution in [2.75, 3.05) is 0 Å². The van der Waals surface area contributed by atoms with E-state index in [0.29, 0.717) is 0 Å². The lowest BCUT2D eigenvalue weighted by Gasteiger charge is -2.18. The molecule has 0 aromatic rings. The lowest BCUT2D eigenvalue weighted by molar-refractivity contribution is 0.679. The zero-order valence-corrected chi connectivity index (χ0v) is 11.5. The summed E-state index contributed by atoms with van der Waals surface area (Å²) in [5, 5.41) is 0. The normalized spacial score (nSPS) is 12.1. The SMILES string of the molecule is C=CC[C](CCC)C(=CCC)CCCCC. The molecule has 0 N–H and O–H groups in total. The molecule has 0 fully saturated rings. The van der Waals surface area contributed by atoms with Gasteiger partial charge in [-0.15, -0.1) is 6.58 Å². The van der Waals surface area contributed by atoms with Gasteiger partial charge in [0, 0.05) is 5.92 Å². The van der Waals surface area contributed by atoms with E-state index >= 15 is 0 Å². The molecule has 0 atom stereocenters. The molecule has 0 aliphatic carbocycles. The molecule has 0 bridgehead atoms. The number of allylic oxidation sites excluding steroid dienone is 3. The first-order valence-electron chi connectivity index (χ1n) is 6.95. The third-order valence-corrected chi connectivity index (χ3v) is 2.90. The first-order chi connectivity index (χ1) is 7.79. The third-order valence-electron chi connectivity index (χ3n) is 2.90. The second-order valence-corrected chi connectivity index (χ2v) is 4.44. The Hall–Kier alpha value is -0.520. The van der Waals surface area contributed by atoms with E-state index in [9.17, 15) is 0 Å². The van der Waals surface area contributed by atoms with E-state index in [1.165, 1.54) is 38.5 Å². The van der Waals surface area contributed by atoms with Crippen LogP contribution in [0.5, 0.6) is 0 Å². The summed E-state index contributed by atoms with van der Waals surface area (Å²) in [6.45, 7) is 10.6. The van der Waals surface area contributed by atoms with Crippen LogP contribution in [0, 0.1) is 5.92 Å². The molecule has 0 heterocycles. The van der Waals surface area contributed by atoms with E-state index in [4.69, 9.17) is 0 Å². The monoisotopic (exact) mass is 221 g/mol. The third kappa shape index (κ3) is 6.87. The van der Waals surface area contributed by atoms with Gasteiger partial charge in [0.1, 0.15) is 0 Å². The summed E-state index contributed by atoms with van der Waals surface area (Å²) in [6, 6.07) is 0. The van der Waals surface area contributed by atoms with Gasteiger partial charge in [-0.3, -0.25) is 0 Å². The first kappa shape index (κ1) is 15.5. The number of hydrogen-bond acceptors (Lipinski definition) is 0. The molecular formula is C16H29. The molecule has 0 saturated carbocycles. The van der Waals surface area contributed by atoms with Crippen LogP contribution in [0.4, 0.5) is 0 Å².